The maximum Gasteiger partial charge on any atom is 0.448 e. The minimum atomic E-state index is -5.56. The van der Waals surface area contributed by atoms with E-state index >= 15 is 0 Å². The van der Waals surface area contributed by atoms with E-state index in [-0.39, 0.29) is 5.97 Å². The molecular formula is C9H10F6O2. The summed E-state index contributed by atoms with van der Waals surface area (Å²) in [7, 11) is 0. The van der Waals surface area contributed by atoms with Crippen LogP contribution in [0.5, 0.6) is 0 Å². The van der Waals surface area contributed by atoms with E-state index in [1.54, 1.807) is 0 Å². The Hall–Kier alpha value is -1.73. The van der Waals surface area contributed by atoms with Crippen molar-refractivity contribution in [3.8, 4) is 0 Å². The number of hydrogen-bond acceptors (Lipinski definition) is 2. The Kier molecular flexibility index (Phi) is 13.1. The van der Waals surface area contributed by atoms with E-state index in [0.29, 0.717) is 0 Å². The number of carbonyl (C=O) groups excluding carboxylic acids is 1. The molecule has 0 aliphatic heterocycles. The van der Waals surface area contributed by atoms with Crippen molar-refractivity contribution in [3.05, 3.63) is 37.9 Å². The SMILES string of the molecule is C=C.C=COC(C)=O.FC(F)=C(F)C(F)(F)F. The molecule has 2 nitrogen and oxygen atoms in total. The molecule has 0 aliphatic rings. The summed E-state index contributed by atoms with van der Waals surface area (Å²) in [6, 6.07) is 0. The van der Waals surface area contributed by atoms with Crippen LogP contribution < -0.4 is 0 Å². The van der Waals surface area contributed by atoms with E-state index in [2.05, 4.69) is 24.5 Å². The lowest BCUT2D eigenvalue weighted by molar-refractivity contribution is -0.135. The highest BCUT2D eigenvalue weighted by Gasteiger charge is 2.38. The molecule has 0 amide bonds. The maximum absolute atomic E-state index is 11.0. The zero-order valence-corrected chi connectivity index (χ0v) is 8.78. The van der Waals surface area contributed by atoms with Crippen molar-refractivity contribution < 1.29 is 35.9 Å². The van der Waals surface area contributed by atoms with Crippen LogP contribution in [0.4, 0.5) is 26.3 Å². The van der Waals surface area contributed by atoms with Gasteiger partial charge in [-0.2, -0.15) is 26.3 Å². The third kappa shape index (κ3) is 16.9. The van der Waals surface area contributed by atoms with Crippen molar-refractivity contribution in [3.63, 3.8) is 0 Å². The normalized spacial score (nSPS) is 8.65. The molecule has 0 atom stereocenters. The Morgan fingerprint density at radius 1 is 1.18 bits per heavy atom. The number of carbonyl (C=O) groups is 1. The first kappa shape index (κ1) is 20.7. The highest BCUT2D eigenvalue weighted by atomic mass is 19.4. The van der Waals surface area contributed by atoms with Gasteiger partial charge in [-0.25, -0.2) is 0 Å². The number of ether oxygens (including phenoxy) is 1. The van der Waals surface area contributed by atoms with Gasteiger partial charge in [-0.3, -0.25) is 4.79 Å². The Bertz CT molecular complexity index is 265. The van der Waals surface area contributed by atoms with Crippen LogP contribution in [0, 0.1) is 0 Å². The highest BCUT2D eigenvalue weighted by Crippen LogP contribution is 2.29. The zero-order valence-electron chi connectivity index (χ0n) is 8.78. The van der Waals surface area contributed by atoms with Gasteiger partial charge in [-0.1, -0.05) is 6.58 Å². The van der Waals surface area contributed by atoms with E-state index in [4.69, 9.17) is 0 Å². The maximum atomic E-state index is 11.0. The molecule has 0 rings (SSSR count). The summed E-state index contributed by atoms with van der Waals surface area (Å²) < 4.78 is 69.0. The zero-order chi connectivity index (χ0) is 14.6. The van der Waals surface area contributed by atoms with Crippen molar-refractivity contribution in [1.29, 1.82) is 0 Å². The molecule has 8 heteroatoms. The molecule has 0 aromatic carbocycles. The summed E-state index contributed by atoms with van der Waals surface area (Å²) in [5.41, 5.74) is 0. The summed E-state index contributed by atoms with van der Waals surface area (Å²) in [6.45, 7) is 10.5. The van der Waals surface area contributed by atoms with Crippen LogP contribution >= 0.6 is 0 Å². The summed E-state index contributed by atoms with van der Waals surface area (Å²) >= 11 is 0. The minimum absolute atomic E-state index is 0.329. The average Bonchev–Trinajstić information content (AvgIpc) is 2.19. The first-order chi connectivity index (χ1) is 7.62. The van der Waals surface area contributed by atoms with Crippen molar-refractivity contribution in [2.45, 2.75) is 13.1 Å². The fraction of sp³-hybridized carbons (Fsp3) is 0.222. The molecular weight excluding hydrogens is 254 g/mol. The first-order valence-electron chi connectivity index (χ1n) is 3.69. The number of rotatable bonds is 1. The lowest BCUT2D eigenvalue weighted by Crippen LogP contribution is -2.08. The molecule has 0 saturated heterocycles. The third-order valence-electron chi connectivity index (χ3n) is 0.664. The van der Waals surface area contributed by atoms with Gasteiger partial charge in [0.2, 0.25) is 0 Å². The summed E-state index contributed by atoms with van der Waals surface area (Å²) in [4.78, 5) is 9.75. The van der Waals surface area contributed by atoms with Gasteiger partial charge in [0.25, 0.3) is 5.83 Å². The standard InChI is InChI=1S/C4H6O2.C3F6.C2H4/c1-3-6-4(2)5;4-1(2(5)6)3(7,8)9;1-2/h3H,1H2,2H3;;1-2H2. The van der Waals surface area contributed by atoms with Crippen molar-refractivity contribution in [2.24, 2.45) is 0 Å². The molecule has 0 heterocycles. The predicted molar refractivity (Wildman–Crippen MR) is 49.6 cm³/mol. The van der Waals surface area contributed by atoms with Crippen LogP contribution in [0.2, 0.25) is 0 Å². The molecule has 0 fully saturated rings. The summed E-state index contributed by atoms with van der Waals surface area (Å²) in [5.74, 6) is -3.66. The minimum Gasteiger partial charge on any atom is -0.435 e. The molecule has 0 unspecified atom stereocenters. The number of hydrogen-bond donors (Lipinski definition) is 0. The largest absolute Gasteiger partial charge is 0.448 e. The molecule has 0 aliphatic carbocycles. The van der Waals surface area contributed by atoms with E-state index in [1.165, 1.54) is 6.92 Å². The molecule has 100 valence electrons. The van der Waals surface area contributed by atoms with Gasteiger partial charge in [-0.05, 0) is 0 Å². The van der Waals surface area contributed by atoms with Crippen molar-refractivity contribution in [1.82, 2.24) is 0 Å². The highest BCUT2D eigenvalue weighted by molar-refractivity contribution is 5.66. The van der Waals surface area contributed by atoms with Gasteiger partial charge in [0.05, 0.1) is 6.26 Å². The molecule has 0 N–H and O–H groups in total. The molecule has 0 aromatic rings. The Morgan fingerprint density at radius 3 is 1.53 bits per heavy atom. The fourth-order valence-electron chi connectivity index (χ4n) is 0.224. The number of alkyl halides is 3. The number of esters is 1. The van der Waals surface area contributed by atoms with Gasteiger partial charge in [-0.15, -0.1) is 13.2 Å². The van der Waals surface area contributed by atoms with Crippen LogP contribution in [-0.2, 0) is 9.53 Å². The van der Waals surface area contributed by atoms with E-state index in [1.807, 2.05) is 0 Å². The molecule has 0 aromatic heterocycles. The number of halogens is 6. The quantitative estimate of drug-likeness (QED) is 0.308. The molecule has 0 radical (unpaired) electrons. The Balaban J connectivity index is -0.000000213. The summed E-state index contributed by atoms with van der Waals surface area (Å²) in [5, 5.41) is 0. The van der Waals surface area contributed by atoms with Gasteiger partial charge in [0.1, 0.15) is 0 Å². The van der Waals surface area contributed by atoms with Crippen LogP contribution in [-0.4, -0.2) is 12.1 Å². The van der Waals surface area contributed by atoms with E-state index in [9.17, 15) is 31.1 Å². The van der Waals surface area contributed by atoms with Crippen LogP contribution in [0.1, 0.15) is 6.92 Å². The first-order valence-corrected chi connectivity index (χ1v) is 3.69. The van der Waals surface area contributed by atoms with Gasteiger partial charge in [0.15, 0.2) is 0 Å². The van der Waals surface area contributed by atoms with E-state index < -0.39 is 18.1 Å². The van der Waals surface area contributed by atoms with Gasteiger partial charge in [0, 0.05) is 6.92 Å². The van der Waals surface area contributed by atoms with Crippen molar-refractivity contribution >= 4 is 5.97 Å². The predicted octanol–water partition coefficient (Wildman–Crippen LogP) is 4.12. The lowest BCUT2D eigenvalue weighted by atomic mass is 10.6. The smallest absolute Gasteiger partial charge is 0.435 e. The molecule has 0 saturated carbocycles. The lowest BCUT2D eigenvalue weighted by Gasteiger charge is -1.98. The van der Waals surface area contributed by atoms with Crippen molar-refractivity contribution in [2.75, 3.05) is 0 Å². The molecule has 0 bridgehead atoms. The topological polar surface area (TPSA) is 26.3 Å². The van der Waals surface area contributed by atoms with Crippen LogP contribution in [0.15, 0.2) is 37.9 Å². The second kappa shape index (κ2) is 10.8. The second-order valence-corrected chi connectivity index (χ2v) is 1.85. The Labute approximate surface area is 93.9 Å². The Morgan fingerprint density at radius 2 is 1.53 bits per heavy atom. The molecule has 0 spiro atoms. The third-order valence-corrected chi connectivity index (χ3v) is 0.664. The number of allylic oxidation sites excluding steroid dienone is 1. The van der Waals surface area contributed by atoms with Gasteiger partial charge < -0.3 is 4.74 Å². The second-order valence-electron chi connectivity index (χ2n) is 1.85. The van der Waals surface area contributed by atoms with Crippen LogP contribution in [0.25, 0.3) is 0 Å². The summed E-state index contributed by atoms with van der Waals surface area (Å²) in [6.07, 6.45) is -7.80. The molecule has 17 heavy (non-hydrogen) atoms. The fourth-order valence-corrected chi connectivity index (χ4v) is 0.224. The van der Waals surface area contributed by atoms with E-state index in [0.717, 1.165) is 6.26 Å². The monoisotopic (exact) mass is 264 g/mol. The van der Waals surface area contributed by atoms with Crippen LogP contribution in [0.3, 0.4) is 0 Å². The average molecular weight is 264 g/mol. The van der Waals surface area contributed by atoms with Gasteiger partial charge >= 0.3 is 18.2 Å².